The summed E-state index contributed by atoms with van der Waals surface area (Å²) in [6, 6.07) is 4.23. The largest absolute Gasteiger partial charge is 0.419 e. The molecule has 1 unspecified atom stereocenters. The number of urea groups is 1. The number of para-hydroxylation sites is 1. The van der Waals surface area contributed by atoms with Crippen molar-refractivity contribution in [3.8, 4) is 0 Å². The number of amides is 2. The van der Waals surface area contributed by atoms with Crippen LogP contribution >= 0.6 is 0 Å². The molecule has 1 atom stereocenters. The zero-order chi connectivity index (χ0) is 21.2. The van der Waals surface area contributed by atoms with E-state index in [1.165, 1.54) is 35.2 Å². The molecule has 2 amide bonds. The molecule has 29 heavy (non-hydrogen) atoms. The standard InChI is InChI=1S/C19H19F5N4O/c1-27(17-13(19(22,23)24)6-3-9-25-17)12-5-4-10-28(11-12)18(29)26-16-14(20)7-2-8-15(16)21/h2-3,6-9,12H,4-5,10-11H2,1H3,(H,26,29). The van der Waals surface area contributed by atoms with Crippen LogP contribution in [-0.4, -0.2) is 42.1 Å². The molecule has 156 valence electrons. The predicted molar refractivity (Wildman–Crippen MR) is 97.6 cm³/mol. The lowest BCUT2D eigenvalue weighted by molar-refractivity contribution is -0.137. The zero-order valence-corrected chi connectivity index (χ0v) is 15.5. The summed E-state index contributed by atoms with van der Waals surface area (Å²) < 4.78 is 67.4. The first-order valence-electron chi connectivity index (χ1n) is 8.93. The predicted octanol–water partition coefficient (Wildman–Crippen LogP) is 4.51. The number of hydrogen-bond donors (Lipinski definition) is 1. The van der Waals surface area contributed by atoms with Gasteiger partial charge in [0.15, 0.2) is 0 Å². The normalized spacial score (nSPS) is 17.2. The number of nitrogens with zero attached hydrogens (tertiary/aromatic N) is 3. The Morgan fingerprint density at radius 1 is 1.21 bits per heavy atom. The molecule has 0 radical (unpaired) electrons. The number of benzene rings is 1. The van der Waals surface area contributed by atoms with Crippen molar-refractivity contribution in [1.82, 2.24) is 9.88 Å². The summed E-state index contributed by atoms with van der Waals surface area (Å²) in [5.41, 5.74) is -1.42. The van der Waals surface area contributed by atoms with Gasteiger partial charge in [-0.15, -0.1) is 0 Å². The molecule has 0 bridgehead atoms. The number of pyridine rings is 1. The van der Waals surface area contributed by atoms with E-state index in [4.69, 9.17) is 0 Å². The number of likely N-dealkylation sites (N-methyl/N-ethyl adjacent to an activating group) is 1. The van der Waals surface area contributed by atoms with Crippen molar-refractivity contribution in [3.63, 3.8) is 0 Å². The number of hydrogen-bond acceptors (Lipinski definition) is 3. The van der Waals surface area contributed by atoms with E-state index in [9.17, 15) is 26.7 Å². The van der Waals surface area contributed by atoms with Gasteiger partial charge in [-0.3, -0.25) is 0 Å². The summed E-state index contributed by atoms with van der Waals surface area (Å²) in [6.45, 7) is 0.410. The number of rotatable bonds is 3. The van der Waals surface area contributed by atoms with Crippen LogP contribution < -0.4 is 10.2 Å². The molecule has 1 saturated heterocycles. The molecule has 1 N–H and O–H groups in total. The highest BCUT2D eigenvalue weighted by Crippen LogP contribution is 2.36. The minimum absolute atomic E-state index is 0.0896. The van der Waals surface area contributed by atoms with Crippen molar-refractivity contribution in [1.29, 1.82) is 0 Å². The second-order valence-electron chi connectivity index (χ2n) is 6.75. The molecular weight excluding hydrogens is 395 g/mol. The molecular formula is C19H19F5N4O. The van der Waals surface area contributed by atoms with E-state index >= 15 is 0 Å². The first-order chi connectivity index (χ1) is 13.7. The van der Waals surface area contributed by atoms with Crippen LogP contribution in [0, 0.1) is 11.6 Å². The Labute approximate surface area is 164 Å². The van der Waals surface area contributed by atoms with Gasteiger partial charge in [0.2, 0.25) is 0 Å². The number of piperidine rings is 1. The monoisotopic (exact) mass is 414 g/mol. The fraction of sp³-hybridized carbons (Fsp3) is 0.368. The Bertz CT molecular complexity index is 869. The summed E-state index contributed by atoms with van der Waals surface area (Å²) in [6.07, 6.45) is -2.22. The fourth-order valence-electron chi connectivity index (χ4n) is 3.33. The van der Waals surface area contributed by atoms with E-state index in [-0.39, 0.29) is 12.4 Å². The van der Waals surface area contributed by atoms with E-state index in [0.29, 0.717) is 19.4 Å². The van der Waals surface area contributed by atoms with E-state index in [0.717, 1.165) is 18.2 Å². The van der Waals surface area contributed by atoms with Crippen LogP contribution in [0.2, 0.25) is 0 Å². The number of halogens is 5. The van der Waals surface area contributed by atoms with Crippen LogP contribution in [0.15, 0.2) is 36.5 Å². The van der Waals surface area contributed by atoms with Gasteiger partial charge in [0, 0.05) is 32.4 Å². The maximum absolute atomic E-state index is 13.8. The first-order valence-corrected chi connectivity index (χ1v) is 8.93. The van der Waals surface area contributed by atoms with Crippen LogP contribution in [0.4, 0.5) is 38.3 Å². The highest BCUT2D eigenvalue weighted by atomic mass is 19.4. The molecule has 10 heteroatoms. The lowest BCUT2D eigenvalue weighted by Gasteiger charge is -2.38. The summed E-state index contributed by atoms with van der Waals surface area (Å²) in [5.74, 6) is -2.05. The number of carbonyl (C=O) groups is 1. The maximum Gasteiger partial charge on any atom is 0.419 e. The number of aromatic nitrogens is 1. The molecule has 0 aliphatic carbocycles. The summed E-state index contributed by atoms with van der Waals surface area (Å²) in [7, 11) is 1.49. The number of carbonyl (C=O) groups excluding carboxylic acids is 1. The minimum Gasteiger partial charge on any atom is -0.354 e. The number of nitrogens with one attached hydrogen (secondary N) is 1. The van der Waals surface area contributed by atoms with Crippen molar-refractivity contribution in [3.05, 3.63) is 53.7 Å². The van der Waals surface area contributed by atoms with Gasteiger partial charge in [-0.2, -0.15) is 13.2 Å². The van der Waals surface area contributed by atoms with E-state index < -0.39 is 41.1 Å². The Kier molecular flexibility index (Phi) is 5.90. The average Bonchev–Trinajstić information content (AvgIpc) is 2.69. The van der Waals surface area contributed by atoms with Gasteiger partial charge in [-0.25, -0.2) is 18.6 Å². The molecule has 0 saturated carbocycles. The first kappa shape index (κ1) is 20.8. The van der Waals surface area contributed by atoms with Crippen molar-refractivity contribution in [2.75, 3.05) is 30.4 Å². The average molecular weight is 414 g/mol. The molecule has 1 aliphatic heterocycles. The highest BCUT2D eigenvalue weighted by Gasteiger charge is 2.37. The number of alkyl halides is 3. The molecule has 2 heterocycles. The van der Waals surface area contributed by atoms with Gasteiger partial charge in [-0.05, 0) is 37.1 Å². The summed E-state index contributed by atoms with van der Waals surface area (Å²) in [4.78, 5) is 19.1. The van der Waals surface area contributed by atoms with Crippen molar-refractivity contribution in [2.45, 2.75) is 25.1 Å². The number of anilines is 2. The topological polar surface area (TPSA) is 48.5 Å². The molecule has 2 aromatic rings. The van der Waals surface area contributed by atoms with Crippen LogP contribution in [-0.2, 0) is 6.18 Å². The van der Waals surface area contributed by atoms with Crippen molar-refractivity contribution in [2.24, 2.45) is 0 Å². The zero-order valence-electron chi connectivity index (χ0n) is 15.5. The lowest BCUT2D eigenvalue weighted by atomic mass is 10.0. The van der Waals surface area contributed by atoms with Crippen molar-refractivity contribution < 1.29 is 26.7 Å². The Morgan fingerprint density at radius 2 is 1.90 bits per heavy atom. The number of likely N-dealkylation sites (tertiary alicyclic amines) is 1. The fourth-order valence-corrected chi connectivity index (χ4v) is 3.33. The second-order valence-corrected chi connectivity index (χ2v) is 6.75. The van der Waals surface area contributed by atoms with E-state index in [2.05, 4.69) is 10.3 Å². The van der Waals surface area contributed by atoms with E-state index in [1.54, 1.807) is 0 Å². The Hall–Kier alpha value is -2.91. The van der Waals surface area contributed by atoms with Gasteiger partial charge >= 0.3 is 12.2 Å². The van der Waals surface area contributed by atoms with Crippen molar-refractivity contribution >= 4 is 17.5 Å². The highest BCUT2D eigenvalue weighted by molar-refractivity contribution is 5.89. The van der Waals surface area contributed by atoms with Gasteiger partial charge < -0.3 is 15.1 Å². The van der Waals surface area contributed by atoms with Gasteiger partial charge in [-0.1, -0.05) is 6.07 Å². The Balaban J connectivity index is 1.75. The quantitative estimate of drug-likeness (QED) is 0.752. The molecule has 3 rings (SSSR count). The third-order valence-electron chi connectivity index (χ3n) is 4.85. The second kappa shape index (κ2) is 8.22. The molecule has 0 spiro atoms. The van der Waals surface area contributed by atoms with Crippen LogP contribution in [0.5, 0.6) is 0 Å². The Morgan fingerprint density at radius 3 is 2.55 bits per heavy atom. The van der Waals surface area contributed by atoms with E-state index in [1.807, 2.05) is 0 Å². The molecule has 1 fully saturated rings. The van der Waals surface area contributed by atoms with Gasteiger partial charge in [0.05, 0.1) is 5.56 Å². The molecule has 1 aromatic heterocycles. The van der Waals surface area contributed by atoms with Crippen LogP contribution in [0.25, 0.3) is 0 Å². The third-order valence-corrected chi connectivity index (χ3v) is 4.85. The lowest BCUT2D eigenvalue weighted by Crippen LogP contribution is -2.50. The molecule has 1 aromatic carbocycles. The smallest absolute Gasteiger partial charge is 0.354 e. The summed E-state index contributed by atoms with van der Waals surface area (Å²) in [5, 5.41) is 2.21. The minimum atomic E-state index is -4.56. The van der Waals surface area contributed by atoms with Gasteiger partial charge in [0.25, 0.3) is 0 Å². The van der Waals surface area contributed by atoms with Crippen LogP contribution in [0.1, 0.15) is 18.4 Å². The van der Waals surface area contributed by atoms with Gasteiger partial charge in [0.1, 0.15) is 23.1 Å². The third kappa shape index (κ3) is 4.57. The SMILES string of the molecule is CN(c1ncccc1C(F)(F)F)C1CCCN(C(=O)Nc2c(F)cccc2F)C1. The molecule has 1 aliphatic rings. The van der Waals surface area contributed by atoms with Crippen LogP contribution in [0.3, 0.4) is 0 Å². The summed E-state index contributed by atoms with van der Waals surface area (Å²) >= 11 is 0. The molecule has 5 nitrogen and oxygen atoms in total. The maximum atomic E-state index is 13.8.